The molecule has 0 saturated heterocycles. The van der Waals surface area contributed by atoms with Crippen molar-refractivity contribution in [3.05, 3.63) is 71.9 Å². The fourth-order valence-electron chi connectivity index (χ4n) is 2.32. The lowest BCUT2D eigenvalue weighted by Crippen LogP contribution is -2.40. The second-order valence-corrected chi connectivity index (χ2v) is 9.88. The van der Waals surface area contributed by atoms with Crippen LogP contribution < -0.4 is 5.19 Å². The first-order valence-electron chi connectivity index (χ1n) is 6.85. The summed E-state index contributed by atoms with van der Waals surface area (Å²) in [5.74, 6) is 0.132. The topological polar surface area (TPSA) is 17.1 Å². The summed E-state index contributed by atoms with van der Waals surface area (Å²) in [5.41, 5.74) is 4.06. The number of rotatable bonds is 4. The van der Waals surface area contributed by atoms with Gasteiger partial charge in [0.2, 0.25) is 0 Å². The smallest absolute Gasteiger partial charge is 0.159 e. The molecule has 0 amide bonds. The molecule has 0 unspecified atom stereocenters. The lowest BCUT2D eigenvalue weighted by atomic mass is 10.1. The average Bonchev–Trinajstić information content (AvgIpc) is 2.46. The van der Waals surface area contributed by atoms with E-state index in [4.69, 9.17) is 0 Å². The van der Waals surface area contributed by atoms with Gasteiger partial charge in [-0.1, -0.05) is 84.6 Å². The summed E-state index contributed by atoms with van der Waals surface area (Å²) in [6.07, 6.45) is 0. The van der Waals surface area contributed by atoms with E-state index in [0.717, 1.165) is 11.1 Å². The van der Waals surface area contributed by atoms with Crippen molar-refractivity contribution < 1.29 is 4.79 Å². The van der Waals surface area contributed by atoms with Gasteiger partial charge in [-0.25, -0.2) is 0 Å². The Morgan fingerprint density at radius 1 is 0.900 bits per heavy atom. The average molecular weight is 280 g/mol. The molecule has 2 aromatic rings. The van der Waals surface area contributed by atoms with E-state index >= 15 is 0 Å². The SMILES string of the molecule is CC(=O)/C(=C\[Si](C)(C)c1ccccc1)c1ccccc1. The zero-order valence-corrected chi connectivity index (χ0v) is 13.3. The minimum atomic E-state index is -1.77. The Kier molecular flexibility index (Phi) is 4.35. The summed E-state index contributed by atoms with van der Waals surface area (Å²) < 4.78 is 0. The van der Waals surface area contributed by atoms with Crippen LogP contribution in [0.4, 0.5) is 0 Å². The van der Waals surface area contributed by atoms with E-state index in [1.165, 1.54) is 5.19 Å². The van der Waals surface area contributed by atoms with Gasteiger partial charge < -0.3 is 0 Å². The second-order valence-electron chi connectivity index (χ2n) is 5.57. The number of benzene rings is 2. The third-order valence-corrected chi connectivity index (χ3v) is 6.32. The predicted molar refractivity (Wildman–Crippen MR) is 88.7 cm³/mol. The second kappa shape index (κ2) is 6.01. The van der Waals surface area contributed by atoms with Crippen LogP contribution in [0, 0.1) is 0 Å². The molecule has 102 valence electrons. The van der Waals surface area contributed by atoms with E-state index in [0.29, 0.717) is 0 Å². The van der Waals surface area contributed by atoms with Gasteiger partial charge in [0.1, 0.15) is 8.07 Å². The Morgan fingerprint density at radius 3 is 1.90 bits per heavy atom. The molecule has 2 heteroatoms. The van der Waals surface area contributed by atoms with Gasteiger partial charge in [-0.05, 0) is 12.5 Å². The Hall–Kier alpha value is -1.93. The van der Waals surface area contributed by atoms with Crippen molar-refractivity contribution >= 4 is 24.6 Å². The first-order valence-corrected chi connectivity index (χ1v) is 9.93. The standard InChI is InChI=1S/C18H20OSi/c1-15(19)18(16-10-6-4-7-11-16)14-20(2,3)17-12-8-5-9-13-17/h4-14H,1-3H3/b18-14+. The van der Waals surface area contributed by atoms with E-state index in [9.17, 15) is 4.79 Å². The molecule has 0 aliphatic heterocycles. The molecule has 0 saturated carbocycles. The highest BCUT2D eigenvalue weighted by Gasteiger charge is 2.22. The Morgan fingerprint density at radius 2 is 1.40 bits per heavy atom. The zero-order valence-electron chi connectivity index (χ0n) is 12.3. The van der Waals surface area contributed by atoms with E-state index in [1.807, 2.05) is 36.4 Å². The number of hydrogen-bond donors (Lipinski definition) is 0. The Labute approximate surface area is 122 Å². The molecule has 20 heavy (non-hydrogen) atoms. The van der Waals surface area contributed by atoms with Crippen molar-refractivity contribution in [3.63, 3.8) is 0 Å². The number of allylic oxidation sites excluding steroid dienone is 1. The summed E-state index contributed by atoms with van der Waals surface area (Å²) in [6, 6.07) is 20.4. The van der Waals surface area contributed by atoms with E-state index in [1.54, 1.807) is 6.92 Å². The van der Waals surface area contributed by atoms with Crippen LogP contribution in [0.1, 0.15) is 12.5 Å². The van der Waals surface area contributed by atoms with Gasteiger partial charge in [0.25, 0.3) is 0 Å². The highest BCUT2D eigenvalue weighted by atomic mass is 28.3. The molecule has 0 radical (unpaired) electrons. The fourth-order valence-corrected chi connectivity index (χ4v) is 4.63. The van der Waals surface area contributed by atoms with Crippen LogP contribution >= 0.6 is 0 Å². The van der Waals surface area contributed by atoms with Gasteiger partial charge in [0, 0.05) is 5.57 Å². The summed E-state index contributed by atoms with van der Waals surface area (Å²) in [4.78, 5) is 12.0. The molecule has 2 rings (SSSR count). The Bertz CT molecular complexity index is 612. The maximum absolute atomic E-state index is 12.0. The summed E-state index contributed by atoms with van der Waals surface area (Å²) >= 11 is 0. The van der Waals surface area contributed by atoms with Gasteiger partial charge >= 0.3 is 0 Å². The lowest BCUT2D eigenvalue weighted by Gasteiger charge is -2.20. The van der Waals surface area contributed by atoms with Gasteiger partial charge in [-0.2, -0.15) is 0 Å². The van der Waals surface area contributed by atoms with Crippen molar-refractivity contribution in [2.24, 2.45) is 0 Å². The van der Waals surface area contributed by atoms with Crippen LogP contribution in [0.15, 0.2) is 66.4 Å². The number of ketones is 1. The van der Waals surface area contributed by atoms with Crippen LogP contribution in [-0.2, 0) is 4.79 Å². The molecular formula is C18H20OSi. The van der Waals surface area contributed by atoms with Gasteiger partial charge in [0.05, 0.1) is 0 Å². The number of carbonyl (C=O) groups excluding carboxylic acids is 1. The normalized spacial score (nSPS) is 12.2. The highest BCUT2D eigenvalue weighted by Crippen LogP contribution is 2.19. The molecule has 0 fully saturated rings. The van der Waals surface area contributed by atoms with Crippen molar-refractivity contribution in [2.45, 2.75) is 20.0 Å². The third kappa shape index (κ3) is 3.34. The Balaban J connectivity index is 2.47. The largest absolute Gasteiger partial charge is 0.295 e. The van der Waals surface area contributed by atoms with Crippen LogP contribution in [0.2, 0.25) is 13.1 Å². The summed E-state index contributed by atoms with van der Waals surface area (Å²) in [6.45, 7) is 6.19. The van der Waals surface area contributed by atoms with E-state index in [-0.39, 0.29) is 5.78 Å². The molecule has 2 aromatic carbocycles. The van der Waals surface area contributed by atoms with Crippen molar-refractivity contribution in [1.82, 2.24) is 0 Å². The monoisotopic (exact) mass is 280 g/mol. The third-order valence-electron chi connectivity index (χ3n) is 3.49. The van der Waals surface area contributed by atoms with Crippen LogP contribution in [0.3, 0.4) is 0 Å². The first-order chi connectivity index (χ1) is 9.50. The number of hydrogen-bond acceptors (Lipinski definition) is 1. The molecule has 0 heterocycles. The van der Waals surface area contributed by atoms with Crippen molar-refractivity contribution in [3.8, 4) is 0 Å². The van der Waals surface area contributed by atoms with Crippen LogP contribution in [0.25, 0.3) is 5.57 Å². The number of Topliss-reactive ketones (excluding diaryl/α,β-unsaturated/α-hetero) is 1. The van der Waals surface area contributed by atoms with E-state index < -0.39 is 8.07 Å². The predicted octanol–water partition coefficient (Wildman–Crippen LogP) is 3.81. The summed E-state index contributed by atoms with van der Waals surface area (Å²) in [5, 5.41) is 1.34. The van der Waals surface area contributed by atoms with Crippen molar-refractivity contribution in [1.29, 1.82) is 0 Å². The fraction of sp³-hybridized carbons (Fsp3) is 0.167. The first kappa shape index (κ1) is 14.5. The van der Waals surface area contributed by atoms with Crippen LogP contribution in [0.5, 0.6) is 0 Å². The molecule has 0 atom stereocenters. The molecule has 0 aliphatic carbocycles. The van der Waals surface area contributed by atoms with Gasteiger partial charge in [-0.15, -0.1) is 0 Å². The van der Waals surface area contributed by atoms with E-state index in [2.05, 4.69) is 43.1 Å². The highest BCUT2D eigenvalue weighted by molar-refractivity contribution is 6.94. The zero-order chi connectivity index (χ0) is 14.6. The molecular weight excluding hydrogens is 260 g/mol. The molecule has 1 nitrogen and oxygen atoms in total. The lowest BCUT2D eigenvalue weighted by molar-refractivity contribution is -0.111. The minimum Gasteiger partial charge on any atom is -0.295 e. The van der Waals surface area contributed by atoms with Gasteiger partial charge in [0.15, 0.2) is 5.78 Å². The van der Waals surface area contributed by atoms with Gasteiger partial charge in [-0.3, -0.25) is 4.79 Å². The molecule has 0 aliphatic rings. The quantitative estimate of drug-likeness (QED) is 0.615. The maximum Gasteiger partial charge on any atom is 0.159 e. The van der Waals surface area contributed by atoms with Crippen LogP contribution in [-0.4, -0.2) is 13.9 Å². The molecule has 0 aromatic heterocycles. The number of carbonyl (C=O) groups is 1. The van der Waals surface area contributed by atoms with Crippen molar-refractivity contribution in [2.75, 3.05) is 0 Å². The summed E-state index contributed by atoms with van der Waals surface area (Å²) in [7, 11) is -1.77. The molecule has 0 spiro atoms. The maximum atomic E-state index is 12.0. The minimum absolute atomic E-state index is 0.132. The molecule has 0 bridgehead atoms. The molecule has 0 N–H and O–H groups in total.